The van der Waals surface area contributed by atoms with Crippen LogP contribution in [0.2, 0.25) is 0 Å². The van der Waals surface area contributed by atoms with Crippen LogP contribution in [0.15, 0.2) is 54.9 Å². The van der Waals surface area contributed by atoms with Crippen molar-refractivity contribution in [2.75, 3.05) is 7.11 Å². The third kappa shape index (κ3) is 4.64. The molecule has 0 saturated heterocycles. The van der Waals surface area contributed by atoms with Gasteiger partial charge < -0.3 is 21.1 Å². The van der Waals surface area contributed by atoms with E-state index in [9.17, 15) is 8.42 Å². The molecule has 13 heteroatoms. The first-order valence-corrected chi connectivity index (χ1v) is 13.1. The molecule has 3 aromatic rings. The fraction of sp³-hybridized carbons (Fsp3) is 0.391. The molecule has 1 unspecified atom stereocenters. The summed E-state index contributed by atoms with van der Waals surface area (Å²) in [5.74, 6) is 0.330. The van der Waals surface area contributed by atoms with Crippen LogP contribution in [0.3, 0.4) is 0 Å². The standard InChI is InChI=1S/C23H29N9O3S/c1-15(2)28-20-10-23(24,26-12-18(20)19-7-9-31(30-19)14-35-3)21-6-8-25-22(29-21)16-11-27-32(13-16)36(33,34)17-4-5-17/h6-13,15,17,26,28H,4-5,14,24H2,1-3H3. The van der Waals surface area contributed by atoms with Crippen LogP contribution in [0.4, 0.5) is 0 Å². The lowest BCUT2D eigenvalue weighted by Gasteiger charge is -2.33. The number of nitrogens with two attached hydrogens (primary N) is 1. The molecule has 4 heterocycles. The third-order valence-corrected chi connectivity index (χ3v) is 7.88. The highest BCUT2D eigenvalue weighted by Crippen LogP contribution is 2.31. The van der Waals surface area contributed by atoms with Crippen molar-refractivity contribution in [3.05, 3.63) is 66.3 Å². The second kappa shape index (κ2) is 9.15. The average Bonchev–Trinajstić information content (AvgIpc) is 3.41. The van der Waals surface area contributed by atoms with Crippen molar-refractivity contribution in [2.45, 2.75) is 50.4 Å². The van der Waals surface area contributed by atoms with Crippen molar-refractivity contribution in [3.63, 3.8) is 0 Å². The normalized spacial score (nSPS) is 20.1. The Kier molecular flexibility index (Phi) is 6.14. The summed E-state index contributed by atoms with van der Waals surface area (Å²) in [4.78, 5) is 8.97. The van der Waals surface area contributed by atoms with Gasteiger partial charge in [0.2, 0.25) is 0 Å². The van der Waals surface area contributed by atoms with E-state index in [1.54, 1.807) is 24.1 Å². The number of hydrogen-bond donors (Lipinski definition) is 3. The highest BCUT2D eigenvalue weighted by Gasteiger charge is 2.38. The summed E-state index contributed by atoms with van der Waals surface area (Å²) in [6.45, 7) is 4.43. The van der Waals surface area contributed by atoms with Crippen molar-refractivity contribution in [1.82, 2.24) is 39.6 Å². The van der Waals surface area contributed by atoms with Crippen molar-refractivity contribution in [1.29, 1.82) is 0 Å². The van der Waals surface area contributed by atoms with Gasteiger partial charge in [-0.05, 0) is 44.9 Å². The van der Waals surface area contributed by atoms with E-state index in [2.05, 4.69) is 30.8 Å². The van der Waals surface area contributed by atoms with Crippen LogP contribution in [-0.2, 0) is 27.2 Å². The molecule has 0 amide bonds. The minimum Gasteiger partial charge on any atom is -0.382 e. The predicted molar refractivity (Wildman–Crippen MR) is 133 cm³/mol. The number of hydrogen-bond acceptors (Lipinski definition) is 10. The van der Waals surface area contributed by atoms with Gasteiger partial charge in [0.15, 0.2) is 11.5 Å². The molecule has 1 aliphatic heterocycles. The van der Waals surface area contributed by atoms with Crippen LogP contribution in [0, 0.1) is 0 Å². The number of aromatic nitrogens is 6. The van der Waals surface area contributed by atoms with E-state index in [1.165, 1.54) is 12.4 Å². The van der Waals surface area contributed by atoms with Gasteiger partial charge in [-0.15, -0.1) is 0 Å². The summed E-state index contributed by atoms with van der Waals surface area (Å²) in [5.41, 5.74) is 9.04. The topological polar surface area (TPSA) is 155 Å². The lowest BCUT2D eigenvalue weighted by Crippen LogP contribution is -2.50. The number of nitrogens with zero attached hydrogens (tertiary/aromatic N) is 6. The van der Waals surface area contributed by atoms with E-state index in [1.807, 2.05) is 38.4 Å². The Balaban J connectivity index is 1.46. The van der Waals surface area contributed by atoms with Gasteiger partial charge in [-0.1, -0.05) is 0 Å². The second-order valence-corrected chi connectivity index (χ2v) is 11.3. The number of methoxy groups -OCH3 is 1. The first-order chi connectivity index (χ1) is 17.2. The number of allylic oxidation sites excluding steroid dienone is 1. The van der Waals surface area contributed by atoms with E-state index in [4.69, 9.17) is 10.5 Å². The van der Waals surface area contributed by atoms with Gasteiger partial charge in [0.25, 0.3) is 10.0 Å². The van der Waals surface area contributed by atoms with Crippen LogP contribution >= 0.6 is 0 Å². The Labute approximate surface area is 209 Å². The zero-order valence-corrected chi connectivity index (χ0v) is 21.1. The van der Waals surface area contributed by atoms with Crippen LogP contribution in [0.1, 0.15) is 38.1 Å². The zero-order valence-electron chi connectivity index (χ0n) is 20.3. The molecule has 1 fully saturated rings. The van der Waals surface area contributed by atoms with Crippen LogP contribution in [-0.4, -0.2) is 55.8 Å². The largest absolute Gasteiger partial charge is 0.382 e. The molecule has 3 aromatic heterocycles. The summed E-state index contributed by atoms with van der Waals surface area (Å²) in [6.07, 6.45) is 11.3. The summed E-state index contributed by atoms with van der Waals surface area (Å²) in [6, 6.07) is 3.77. The molecule has 5 rings (SSSR count). The molecular weight excluding hydrogens is 482 g/mol. The number of dihydropyridines is 1. The van der Waals surface area contributed by atoms with Gasteiger partial charge in [-0.2, -0.15) is 14.3 Å². The molecule has 12 nitrogen and oxygen atoms in total. The summed E-state index contributed by atoms with van der Waals surface area (Å²) < 4.78 is 32.9. The monoisotopic (exact) mass is 511 g/mol. The molecule has 1 aliphatic carbocycles. The van der Waals surface area contributed by atoms with Crippen molar-refractivity contribution >= 4 is 15.6 Å². The number of ether oxygens (including phenoxy) is 1. The lowest BCUT2D eigenvalue weighted by atomic mass is 9.97. The molecule has 0 bridgehead atoms. The van der Waals surface area contributed by atoms with Gasteiger partial charge in [0.05, 0.1) is 34.6 Å². The summed E-state index contributed by atoms with van der Waals surface area (Å²) in [7, 11) is -1.86. The van der Waals surface area contributed by atoms with E-state index < -0.39 is 15.7 Å². The van der Waals surface area contributed by atoms with E-state index >= 15 is 0 Å². The third-order valence-electron chi connectivity index (χ3n) is 5.84. The quantitative estimate of drug-likeness (QED) is 0.380. The van der Waals surface area contributed by atoms with Crippen LogP contribution < -0.4 is 16.4 Å². The van der Waals surface area contributed by atoms with E-state index in [0.717, 1.165) is 21.1 Å². The molecule has 0 radical (unpaired) electrons. The van der Waals surface area contributed by atoms with Crippen molar-refractivity contribution < 1.29 is 13.2 Å². The first kappa shape index (κ1) is 24.2. The number of nitrogens with one attached hydrogen (secondary N) is 2. The molecular formula is C23H29N9O3S. The maximum atomic E-state index is 12.5. The zero-order chi connectivity index (χ0) is 25.5. The Morgan fingerprint density at radius 1 is 1.33 bits per heavy atom. The molecule has 4 N–H and O–H groups in total. The maximum Gasteiger partial charge on any atom is 0.256 e. The Hall–Kier alpha value is -3.55. The highest BCUT2D eigenvalue weighted by atomic mass is 32.2. The molecule has 1 atom stereocenters. The highest BCUT2D eigenvalue weighted by molar-refractivity contribution is 7.90. The molecule has 2 aliphatic rings. The first-order valence-electron chi connectivity index (χ1n) is 11.6. The molecule has 190 valence electrons. The summed E-state index contributed by atoms with van der Waals surface area (Å²) in [5, 5.41) is 14.9. The number of rotatable bonds is 9. The van der Waals surface area contributed by atoms with Gasteiger partial charge in [-0.3, -0.25) is 0 Å². The molecule has 0 aromatic carbocycles. The van der Waals surface area contributed by atoms with Crippen molar-refractivity contribution in [3.8, 4) is 11.4 Å². The van der Waals surface area contributed by atoms with Crippen LogP contribution in [0.5, 0.6) is 0 Å². The predicted octanol–water partition coefficient (Wildman–Crippen LogP) is 1.12. The average molecular weight is 512 g/mol. The van der Waals surface area contributed by atoms with Crippen LogP contribution in [0.25, 0.3) is 17.0 Å². The fourth-order valence-corrected chi connectivity index (χ4v) is 5.40. The van der Waals surface area contributed by atoms with Crippen molar-refractivity contribution in [2.24, 2.45) is 5.73 Å². The molecule has 36 heavy (non-hydrogen) atoms. The minimum atomic E-state index is -3.48. The second-order valence-electron chi connectivity index (χ2n) is 9.20. The lowest BCUT2D eigenvalue weighted by molar-refractivity contribution is 0.120. The summed E-state index contributed by atoms with van der Waals surface area (Å²) >= 11 is 0. The molecule has 0 spiro atoms. The molecule has 1 saturated carbocycles. The Morgan fingerprint density at radius 3 is 2.86 bits per heavy atom. The smallest absolute Gasteiger partial charge is 0.256 e. The SMILES string of the molecule is COCn1ccc(C2=CNC(N)(c3ccnc(-c4cnn(S(=O)(=O)C5CC5)c4)n3)C=C2NC(C)C)n1. The van der Waals surface area contributed by atoms with E-state index in [0.29, 0.717) is 36.7 Å². The van der Waals surface area contributed by atoms with Gasteiger partial charge in [-0.25, -0.2) is 23.1 Å². The van der Waals surface area contributed by atoms with Gasteiger partial charge in [0.1, 0.15) is 6.73 Å². The Morgan fingerprint density at radius 2 is 2.14 bits per heavy atom. The maximum absolute atomic E-state index is 12.5. The van der Waals surface area contributed by atoms with E-state index in [-0.39, 0.29) is 11.3 Å². The minimum absolute atomic E-state index is 0.142. The fourth-order valence-electron chi connectivity index (χ4n) is 3.92. The van der Waals surface area contributed by atoms with Gasteiger partial charge in [0, 0.05) is 43.0 Å². The Bertz CT molecular complexity index is 1440. The van der Waals surface area contributed by atoms with Gasteiger partial charge >= 0.3 is 0 Å².